The Balaban J connectivity index is 1.45. The topological polar surface area (TPSA) is 140 Å². The summed E-state index contributed by atoms with van der Waals surface area (Å²) in [5, 5.41) is 2.91. The number of carbonyl (C=O) groups excluding carboxylic acids is 2. The predicted octanol–water partition coefficient (Wildman–Crippen LogP) is 4.36. The highest BCUT2D eigenvalue weighted by molar-refractivity contribution is 6.02. The van der Waals surface area contributed by atoms with Crippen molar-refractivity contribution in [2.75, 3.05) is 50.0 Å². The van der Waals surface area contributed by atoms with Crippen LogP contribution in [0.2, 0.25) is 0 Å². The van der Waals surface area contributed by atoms with Gasteiger partial charge in [-0.1, -0.05) is 13.0 Å². The van der Waals surface area contributed by atoms with Crippen LogP contribution in [0.4, 0.5) is 15.9 Å². The Kier molecular flexibility index (Phi) is 9.89. The van der Waals surface area contributed by atoms with Gasteiger partial charge in [0.15, 0.2) is 0 Å². The maximum atomic E-state index is 14.3. The number of carbonyl (C=O) groups is 2. The number of ether oxygens (including phenoxy) is 1. The fourth-order valence-corrected chi connectivity index (χ4v) is 5.66. The van der Waals surface area contributed by atoms with Crippen LogP contribution in [0.3, 0.4) is 0 Å². The third-order valence-corrected chi connectivity index (χ3v) is 7.89. The second kappa shape index (κ2) is 14.2. The molecule has 2 amide bonds. The molecule has 45 heavy (non-hydrogen) atoms. The van der Waals surface area contributed by atoms with Gasteiger partial charge >= 0.3 is 0 Å². The molecule has 0 spiro atoms. The van der Waals surface area contributed by atoms with E-state index in [9.17, 15) is 14.0 Å². The van der Waals surface area contributed by atoms with Crippen LogP contribution in [-0.2, 0) is 0 Å². The van der Waals surface area contributed by atoms with Crippen molar-refractivity contribution in [3.05, 3.63) is 90.0 Å². The molecule has 0 saturated carbocycles. The van der Waals surface area contributed by atoms with Crippen molar-refractivity contribution in [2.24, 2.45) is 5.73 Å². The van der Waals surface area contributed by atoms with Gasteiger partial charge in [-0.25, -0.2) is 14.4 Å². The Hall–Kier alpha value is -5.03. The zero-order chi connectivity index (χ0) is 31.9. The van der Waals surface area contributed by atoms with E-state index in [4.69, 9.17) is 16.2 Å². The van der Waals surface area contributed by atoms with E-state index in [1.54, 1.807) is 23.2 Å². The zero-order valence-corrected chi connectivity index (χ0v) is 25.5. The van der Waals surface area contributed by atoms with Gasteiger partial charge in [-0.3, -0.25) is 9.59 Å². The van der Waals surface area contributed by atoms with Crippen molar-refractivity contribution < 1.29 is 18.7 Å². The predicted molar refractivity (Wildman–Crippen MR) is 174 cm³/mol. The minimum absolute atomic E-state index is 0.0749. The fraction of sp³-hybridized carbons (Fsp3) is 0.294. The Bertz CT molecular complexity index is 1660. The van der Waals surface area contributed by atoms with E-state index in [-0.39, 0.29) is 17.9 Å². The number of halogens is 1. The minimum atomic E-state index is -0.446. The van der Waals surface area contributed by atoms with Crippen LogP contribution in [0, 0.1) is 5.82 Å². The molecule has 234 valence electrons. The maximum absolute atomic E-state index is 14.3. The van der Waals surface area contributed by atoms with Gasteiger partial charge in [0.2, 0.25) is 5.88 Å². The summed E-state index contributed by atoms with van der Waals surface area (Å²) in [4.78, 5) is 39.9. The monoisotopic (exact) mass is 611 g/mol. The summed E-state index contributed by atoms with van der Waals surface area (Å²) in [5.74, 6) is -0.0475. The van der Waals surface area contributed by atoms with Crippen molar-refractivity contribution in [1.82, 2.24) is 20.2 Å². The quantitative estimate of drug-likeness (QED) is 0.240. The van der Waals surface area contributed by atoms with Gasteiger partial charge in [0.25, 0.3) is 11.8 Å². The number of amides is 2. The molecule has 11 heteroatoms. The second-order valence-electron chi connectivity index (χ2n) is 10.7. The van der Waals surface area contributed by atoms with Gasteiger partial charge in [-0.05, 0) is 79.1 Å². The number of benzene rings is 2. The summed E-state index contributed by atoms with van der Waals surface area (Å²) < 4.78 is 20.1. The summed E-state index contributed by atoms with van der Waals surface area (Å²) in [7, 11) is 0. The van der Waals surface area contributed by atoms with Crippen molar-refractivity contribution in [2.45, 2.75) is 26.3 Å². The third-order valence-electron chi connectivity index (χ3n) is 7.89. The van der Waals surface area contributed by atoms with Crippen molar-refractivity contribution in [1.29, 1.82) is 0 Å². The molecule has 1 aliphatic rings. The Morgan fingerprint density at radius 1 is 1.00 bits per heavy atom. The minimum Gasteiger partial charge on any atom is -0.478 e. The summed E-state index contributed by atoms with van der Waals surface area (Å²) >= 11 is 0. The van der Waals surface area contributed by atoms with E-state index < -0.39 is 5.82 Å². The molecule has 0 radical (unpaired) electrons. The second-order valence-corrected chi connectivity index (χ2v) is 10.7. The van der Waals surface area contributed by atoms with E-state index in [0.717, 1.165) is 23.2 Å². The van der Waals surface area contributed by atoms with Crippen molar-refractivity contribution >= 4 is 23.3 Å². The number of piperazine rings is 1. The molecule has 5 rings (SSSR count). The van der Waals surface area contributed by atoms with Crippen LogP contribution < -0.4 is 26.4 Å². The van der Waals surface area contributed by atoms with Gasteiger partial charge < -0.3 is 31.3 Å². The van der Waals surface area contributed by atoms with E-state index >= 15 is 0 Å². The van der Waals surface area contributed by atoms with Gasteiger partial charge in [-0.2, -0.15) is 0 Å². The standard InChI is InChI=1S/C34H38FN7O3/c1-3-25-21-41(34(44)27-10-9-24(35)19-28(27)23-8-12-31(37)40-20-23)16-17-42(25)30-11-7-22(18-29(30)32(43)38-15-13-36)26-6-5-14-39-33(26)45-4-2/h5-12,14,18-20,25H,3-4,13,15-17,21,36H2,1-2H3,(H2,37,40)(H,38,43)/t25-/m1/s1. The molecule has 1 fully saturated rings. The summed E-state index contributed by atoms with van der Waals surface area (Å²) in [6.07, 6.45) is 3.94. The van der Waals surface area contributed by atoms with Crippen LogP contribution in [0.1, 0.15) is 41.0 Å². The normalized spacial score (nSPS) is 14.7. The first-order valence-corrected chi connectivity index (χ1v) is 15.1. The Morgan fingerprint density at radius 2 is 1.82 bits per heavy atom. The zero-order valence-electron chi connectivity index (χ0n) is 25.5. The number of nitrogen functional groups attached to an aromatic ring is 1. The first kappa shape index (κ1) is 31.4. The molecule has 10 nitrogen and oxygen atoms in total. The highest BCUT2D eigenvalue weighted by Gasteiger charge is 2.32. The van der Waals surface area contributed by atoms with Crippen LogP contribution in [0.5, 0.6) is 5.88 Å². The molecule has 1 atom stereocenters. The largest absolute Gasteiger partial charge is 0.478 e. The lowest BCUT2D eigenvalue weighted by molar-refractivity contribution is 0.0720. The first-order valence-electron chi connectivity index (χ1n) is 15.1. The van der Waals surface area contributed by atoms with E-state index in [1.165, 1.54) is 24.4 Å². The number of hydrogen-bond donors (Lipinski definition) is 3. The number of pyridine rings is 2. The maximum Gasteiger partial charge on any atom is 0.254 e. The first-order chi connectivity index (χ1) is 21.8. The molecule has 5 N–H and O–H groups in total. The molecule has 0 bridgehead atoms. The average Bonchev–Trinajstić information content (AvgIpc) is 3.07. The van der Waals surface area contributed by atoms with Crippen LogP contribution in [-0.4, -0.2) is 72.1 Å². The summed E-state index contributed by atoms with van der Waals surface area (Å²) in [5.41, 5.74) is 15.7. The molecule has 2 aromatic carbocycles. The molecule has 3 heterocycles. The highest BCUT2D eigenvalue weighted by Crippen LogP contribution is 2.35. The van der Waals surface area contributed by atoms with Crippen LogP contribution >= 0.6 is 0 Å². The Morgan fingerprint density at radius 3 is 2.56 bits per heavy atom. The lowest BCUT2D eigenvalue weighted by Crippen LogP contribution is -2.55. The number of nitrogens with zero attached hydrogens (tertiary/aromatic N) is 4. The number of nitrogens with two attached hydrogens (primary N) is 2. The summed E-state index contributed by atoms with van der Waals surface area (Å²) in [6.45, 7) is 6.40. The van der Waals surface area contributed by atoms with E-state index in [2.05, 4.69) is 27.1 Å². The van der Waals surface area contributed by atoms with E-state index in [1.807, 2.05) is 37.3 Å². The molecule has 0 unspecified atom stereocenters. The molecule has 4 aromatic rings. The SMILES string of the molecule is CCOc1ncccc1-c1ccc(N2CCN(C(=O)c3ccc(F)cc3-c3ccc(N)nc3)C[C@H]2CC)c(C(=O)NCCN)c1. The Labute approximate surface area is 262 Å². The highest BCUT2D eigenvalue weighted by atomic mass is 19.1. The van der Waals surface area contributed by atoms with Crippen LogP contribution in [0.15, 0.2) is 73.1 Å². The number of rotatable bonds is 10. The number of anilines is 2. The van der Waals surface area contributed by atoms with Gasteiger partial charge in [-0.15, -0.1) is 0 Å². The average molecular weight is 612 g/mol. The van der Waals surface area contributed by atoms with Crippen molar-refractivity contribution in [3.63, 3.8) is 0 Å². The van der Waals surface area contributed by atoms with E-state index in [0.29, 0.717) is 73.3 Å². The smallest absolute Gasteiger partial charge is 0.254 e. The van der Waals surface area contributed by atoms with Gasteiger partial charge in [0, 0.05) is 73.5 Å². The van der Waals surface area contributed by atoms with Crippen LogP contribution in [0.25, 0.3) is 22.3 Å². The fourth-order valence-electron chi connectivity index (χ4n) is 5.66. The molecule has 1 saturated heterocycles. The van der Waals surface area contributed by atoms with Gasteiger partial charge in [0.1, 0.15) is 11.6 Å². The summed E-state index contributed by atoms with van der Waals surface area (Å²) in [6, 6.07) is 16.9. The molecule has 0 aliphatic carbocycles. The number of aromatic nitrogens is 2. The third kappa shape index (κ3) is 6.88. The lowest BCUT2D eigenvalue weighted by atomic mass is 9.97. The molecule has 1 aliphatic heterocycles. The van der Waals surface area contributed by atoms with Crippen molar-refractivity contribution in [3.8, 4) is 28.1 Å². The number of hydrogen-bond acceptors (Lipinski definition) is 8. The number of nitrogens with one attached hydrogen (secondary N) is 1. The van der Waals surface area contributed by atoms with Gasteiger partial charge in [0.05, 0.1) is 12.2 Å². The molecular formula is C34H38FN7O3. The molecular weight excluding hydrogens is 573 g/mol. The molecule has 2 aromatic heterocycles. The lowest BCUT2D eigenvalue weighted by Gasteiger charge is -2.43.